The maximum Gasteiger partial charge on any atom is 0.419 e. The van der Waals surface area contributed by atoms with Gasteiger partial charge in [-0.05, 0) is 31.5 Å². The van der Waals surface area contributed by atoms with Gasteiger partial charge in [0.2, 0.25) is 5.95 Å². The molecule has 3 N–H and O–H groups in total. The van der Waals surface area contributed by atoms with E-state index in [0.717, 1.165) is 32.1 Å². The molecular weight excluding hydrogens is 345 g/mol. The van der Waals surface area contributed by atoms with E-state index in [4.69, 9.17) is 0 Å². The van der Waals surface area contributed by atoms with Crippen LogP contribution in [0.4, 0.5) is 19.1 Å². The monoisotopic (exact) mass is 362 g/mol. The van der Waals surface area contributed by atoms with Crippen LogP contribution in [0.15, 0.2) is 30.7 Å². The fraction of sp³-hybridized carbons (Fsp3) is 0.353. The molecule has 0 aromatic carbocycles. The van der Waals surface area contributed by atoms with Gasteiger partial charge in [-0.25, -0.2) is 15.0 Å². The van der Waals surface area contributed by atoms with E-state index in [1.807, 2.05) is 0 Å². The molecule has 0 amide bonds. The standard InChI is InChI=1S/C17H17F3N6/c18-17(19,20)13-9-24-16(25-10-3-1-5-21-7-10)26-14(13)12-8-23-15-11(12)4-2-6-22-15/h2,4,6,8-10,21H,1,3,5,7H2,(H,22,23)(H,24,25,26)/t10-/m0/s1. The molecule has 26 heavy (non-hydrogen) atoms. The van der Waals surface area contributed by atoms with Crippen LogP contribution in [-0.2, 0) is 6.18 Å². The van der Waals surface area contributed by atoms with Crippen LogP contribution in [-0.4, -0.2) is 39.1 Å². The summed E-state index contributed by atoms with van der Waals surface area (Å²) in [6, 6.07) is 3.49. The van der Waals surface area contributed by atoms with Crippen molar-refractivity contribution in [2.75, 3.05) is 18.4 Å². The number of rotatable bonds is 3. The van der Waals surface area contributed by atoms with Crippen LogP contribution in [0.1, 0.15) is 18.4 Å². The van der Waals surface area contributed by atoms with E-state index >= 15 is 0 Å². The molecular formula is C17H17F3N6. The van der Waals surface area contributed by atoms with Crippen molar-refractivity contribution in [1.29, 1.82) is 0 Å². The minimum Gasteiger partial charge on any atom is -0.350 e. The Balaban J connectivity index is 1.78. The fourth-order valence-corrected chi connectivity index (χ4v) is 3.17. The maximum atomic E-state index is 13.5. The van der Waals surface area contributed by atoms with Crippen molar-refractivity contribution in [3.63, 3.8) is 0 Å². The highest BCUT2D eigenvalue weighted by Gasteiger charge is 2.36. The third kappa shape index (κ3) is 3.22. The second kappa shape index (κ2) is 6.56. The first kappa shape index (κ1) is 16.8. The number of fused-ring (bicyclic) bond motifs is 1. The molecule has 0 aliphatic carbocycles. The van der Waals surface area contributed by atoms with E-state index in [1.165, 1.54) is 6.20 Å². The van der Waals surface area contributed by atoms with Crippen molar-refractivity contribution in [2.45, 2.75) is 25.1 Å². The van der Waals surface area contributed by atoms with Crippen LogP contribution in [0.25, 0.3) is 22.3 Å². The Morgan fingerprint density at radius 2 is 2.12 bits per heavy atom. The average molecular weight is 362 g/mol. The highest BCUT2D eigenvalue weighted by atomic mass is 19.4. The van der Waals surface area contributed by atoms with E-state index in [2.05, 4.69) is 30.6 Å². The molecule has 136 valence electrons. The number of H-pyrrole nitrogens is 1. The van der Waals surface area contributed by atoms with Crippen molar-refractivity contribution in [3.05, 3.63) is 36.3 Å². The lowest BCUT2D eigenvalue weighted by Gasteiger charge is -2.24. The SMILES string of the molecule is FC(F)(F)c1cnc(N[C@H]2CCCNC2)nc1-c1c[nH]c2ncccc12. The number of nitrogens with one attached hydrogen (secondary N) is 3. The highest BCUT2D eigenvalue weighted by Crippen LogP contribution is 2.38. The number of piperidine rings is 1. The molecule has 4 heterocycles. The largest absolute Gasteiger partial charge is 0.419 e. The number of halogens is 3. The van der Waals surface area contributed by atoms with Crippen molar-refractivity contribution in [3.8, 4) is 11.3 Å². The Morgan fingerprint density at radius 3 is 2.88 bits per heavy atom. The first-order valence-corrected chi connectivity index (χ1v) is 8.36. The van der Waals surface area contributed by atoms with Gasteiger partial charge in [-0.3, -0.25) is 0 Å². The first-order valence-electron chi connectivity index (χ1n) is 8.36. The predicted octanol–water partition coefficient (Wildman–Crippen LogP) is 3.20. The molecule has 9 heteroatoms. The number of pyridine rings is 1. The quantitative estimate of drug-likeness (QED) is 0.667. The van der Waals surface area contributed by atoms with Gasteiger partial charge in [0.05, 0.1) is 5.69 Å². The fourth-order valence-electron chi connectivity index (χ4n) is 3.17. The number of aromatic amines is 1. The van der Waals surface area contributed by atoms with Gasteiger partial charge in [-0.2, -0.15) is 13.2 Å². The third-order valence-electron chi connectivity index (χ3n) is 4.43. The molecule has 6 nitrogen and oxygen atoms in total. The second-order valence-electron chi connectivity index (χ2n) is 6.24. The maximum absolute atomic E-state index is 13.5. The van der Waals surface area contributed by atoms with Gasteiger partial charge in [0.25, 0.3) is 0 Å². The molecule has 3 aromatic heterocycles. The van der Waals surface area contributed by atoms with Gasteiger partial charge in [0.1, 0.15) is 11.2 Å². The molecule has 0 spiro atoms. The molecule has 1 saturated heterocycles. The Hall–Kier alpha value is -2.68. The minimum absolute atomic E-state index is 0.0953. The van der Waals surface area contributed by atoms with Crippen LogP contribution in [0.5, 0.6) is 0 Å². The van der Waals surface area contributed by atoms with Gasteiger partial charge in [-0.15, -0.1) is 0 Å². The Bertz CT molecular complexity index is 914. The van der Waals surface area contributed by atoms with Crippen molar-refractivity contribution >= 4 is 17.0 Å². The molecule has 1 aliphatic heterocycles. The van der Waals surface area contributed by atoms with Crippen LogP contribution in [0, 0.1) is 0 Å². The van der Waals surface area contributed by atoms with Crippen molar-refractivity contribution in [1.82, 2.24) is 25.3 Å². The number of aromatic nitrogens is 4. The summed E-state index contributed by atoms with van der Waals surface area (Å²) in [6.07, 6.45) is 1.29. The summed E-state index contributed by atoms with van der Waals surface area (Å²) in [7, 11) is 0. The third-order valence-corrected chi connectivity index (χ3v) is 4.43. The zero-order chi connectivity index (χ0) is 18.1. The molecule has 1 fully saturated rings. The topological polar surface area (TPSA) is 78.5 Å². The van der Waals surface area contributed by atoms with Gasteiger partial charge in [-0.1, -0.05) is 0 Å². The Morgan fingerprint density at radius 1 is 1.23 bits per heavy atom. The lowest BCUT2D eigenvalue weighted by Crippen LogP contribution is -2.38. The number of hydrogen-bond acceptors (Lipinski definition) is 5. The van der Waals surface area contributed by atoms with Crippen LogP contribution < -0.4 is 10.6 Å². The van der Waals surface area contributed by atoms with Crippen molar-refractivity contribution < 1.29 is 13.2 Å². The summed E-state index contributed by atoms with van der Waals surface area (Å²) in [5, 5.41) is 6.96. The normalized spacial score (nSPS) is 18.2. The summed E-state index contributed by atoms with van der Waals surface area (Å²) < 4.78 is 40.5. The molecule has 0 saturated carbocycles. The van der Waals surface area contributed by atoms with E-state index < -0.39 is 11.7 Å². The number of alkyl halides is 3. The lowest BCUT2D eigenvalue weighted by molar-refractivity contribution is -0.137. The molecule has 0 unspecified atom stereocenters. The van der Waals surface area contributed by atoms with E-state index in [-0.39, 0.29) is 17.7 Å². The average Bonchev–Trinajstić information content (AvgIpc) is 3.05. The number of hydrogen-bond donors (Lipinski definition) is 3. The summed E-state index contributed by atoms with van der Waals surface area (Å²) in [6.45, 7) is 1.68. The summed E-state index contributed by atoms with van der Waals surface area (Å²) >= 11 is 0. The van der Waals surface area contributed by atoms with Crippen molar-refractivity contribution in [2.24, 2.45) is 0 Å². The van der Waals surface area contributed by atoms with E-state index in [9.17, 15) is 13.2 Å². The Labute approximate surface area is 147 Å². The van der Waals surface area contributed by atoms with Gasteiger partial charge >= 0.3 is 6.18 Å². The first-order chi connectivity index (χ1) is 12.5. The Kier molecular flexibility index (Phi) is 4.23. The zero-order valence-corrected chi connectivity index (χ0v) is 13.8. The second-order valence-corrected chi connectivity index (χ2v) is 6.24. The molecule has 3 aromatic rings. The molecule has 1 aliphatic rings. The van der Waals surface area contributed by atoms with Crippen LogP contribution in [0.3, 0.4) is 0 Å². The predicted molar refractivity (Wildman–Crippen MR) is 91.6 cm³/mol. The smallest absolute Gasteiger partial charge is 0.350 e. The number of anilines is 1. The summed E-state index contributed by atoms with van der Waals surface area (Å²) in [5.74, 6) is 0.194. The highest BCUT2D eigenvalue weighted by molar-refractivity contribution is 5.93. The molecule has 1 atom stereocenters. The van der Waals surface area contributed by atoms with E-state index in [1.54, 1.807) is 18.3 Å². The molecule has 0 bridgehead atoms. The van der Waals surface area contributed by atoms with Gasteiger partial charge in [0, 0.05) is 42.1 Å². The van der Waals surface area contributed by atoms with E-state index in [0.29, 0.717) is 16.6 Å². The number of nitrogens with zero attached hydrogens (tertiary/aromatic N) is 3. The summed E-state index contributed by atoms with van der Waals surface area (Å²) in [5.41, 5.74) is -0.152. The lowest BCUT2D eigenvalue weighted by atomic mass is 10.1. The van der Waals surface area contributed by atoms with Crippen LogP contribution in [0.2, 0.25) is 0 Å². The van der Waals surface area contributed by atoms with Crippen LogP contribution >= 0.6 is 0 Å². The molecule has 4 rings (SSSR count). The zero-order valence-electron chi connectivity index (χ0n) is 13.8. The van der Waals surface area contributed by atoms with Gasteiger partial charge in [0.15, 0.2) is 0 Å². The van der Waals surface area contributed by atoms with Gasteiger partial charge < -0.3 is 15.6 Å². The molecule has 0 radical (unpaired) electrons. The summed E-state index contributed by atoms with van der Waals surface area (Å²) in [4.78, 5) is 15.1. The minimum atomic E-state index is -4.55.